The number of nitrogens with zero attached hydrogens (tertiary/aromatic N) is 1. The Balaban J connectivity index is 1.94. The van der Waals surface area contributed by atoms with Crippen LogP contribution in [0.5, 0.6) is 0 Å². The van der Waals surface area contributed by atoms with Gasteiger partial charge in [0.2, 0.25) is 0 Å². The SMILES string of the molecule is CC(C)(C)OC(=O)N1CCCC(=O)[C@@H]1COCc1ccccc1. The predicted molar refractivity (Wildman–Crippen MR) is 87.1 cm³/mol. The van der Waals surface area contributed by atoms with Crippen molar-refractivity contribution in [3.05, 3.63) is 35.9 Å². The highest BCUT2D eigenvalue weighted by Gasteiger charge is 2.35. The van der Waals surface area contributed by atoms with Crippen molar-refractivity contribution in [2.75, 3.05) is 13.2 Å². The Morgan fingerprint density at radius 1 is 1.26 bits per heavy atom. The van der Waals surface area contributed by atoms with Crippen molar-refractivity contribution >= 4 is 11.9 Å². The number of rotatable bonds is 4. The molecule has 1 aliphatic rings. The number of benzene rings is 1. The first-order valence-corrected chi connectivity index (χ1v) is 8.01. The molecule has 0 spiro atoms. The fourth-order valence-electron chi connectivity index (χ4n) is 2.50. The second-order valence-corrected chi connectivity index (χ2v) is 6.76. The monoisotopic (exact) mass is 319 g/mol. The lowest BCUT2D eigenvalue weighted by atomic mass is 10.0. The van der Waals surface area contributed by atoms with E-state index >= 15 is 0 Å². The summed E-state index contributed by atoms with van der Waals surface area (Å²) in [6.07, 6.45) is 0.713. The summed E-state index contributed by atoms with van der Waals surface area (Å²) in [5.41, 5.74) is 0.465. The fraction of sp³-hybridized carbons (Fsp3) is 0.556. The lowest BCUT2D eigenvalue weighted by Gasteiger charge is -2.35. The van der Waals surface area contributed by atoms with Crippen LogP contribution in [0.1, 0.15) is 39.2 Å². The van der Waals surface area contributed by atoms with Crippen LogP contribution in [0.3, 0.4) is 0 Å². The third-order valence-electron chi connectivity index (χ3n) is 3.59. The van der Waals surface area contributed by atoms with Gasteiger partial charge in [-0.1, -0.05) is 30.3 Å². The zero-order chi connectivity index (χ0) is 16.9. The fourth-order valence-corrected chi connectivity index (χ4v) is 2.50. The van der Waals surface area contributed by atoms with Gasteiger partial charge >= 0.3 is 6.09 Å². The van der Waals surface area contributed by atoms with Gasteiger partial charge in [0.25, 0.3) is 0 Å². The third-order valence-corrected chi connectivity index (χ3v) is 3.59. The van der Waals surface area contributed by atoms with Gasteiger partial charge in [-0.2, -0.15) is 0 Å². The van der Waals surface area contributed by atoms with Crippen LogP contribution in [0, 0.1) is 0 Å². The Kier molecular flexibility index (Phi) is 5.77. The van der Waals surface area contributed by atoms with E-state index in [9.17, 15) is 9.59 Å². The average molecular weight is 319 g/mol. The van der Waals surface area contributed by atoms with Crippen molar-refractivity contribution in [1.82, 2.24) is 4.90 Å². The molecular formula is C18H25NO4. The highest BCUT2D eigenvalue weighted by Crippen LogP contribution is 2.19. The first-order chi connectivity index (χ1) is 10.9. The summed E-state index contributed by atoms with van der Waals surface area (Å²) in [5, 5.41) is 0. The van der Waals surface area contributed by atoms with Gasteiger partial charge in [-0.15, -0.1) is 0 Å². The quantitative estimate of drug-likeness (QED) is 0.855. The molecule has 0 bridgehead atoms. The number of amides is 1. The lowest BCUT2D eigenvalue weighted by molar-refractivity contribution is -0.129. The maximum absolute atomic E-state index is 12.3. The van der Waals surface area contributed by atoms with Gasteiger partial charge in [0, 0.05) is 13.0 Å². The predicted octanol–water partition coefficient (Wildman–Crippen LogP) is 3.17. The van der Waals surface area contributed by atoms with Crippen LogP contribution in [0.15, 0.2) is 30.3 Å². The topological polar surface area (TPSA) is 55.8 Å². The van der Waals surface area contributed by atoms with E-state index in [-0.39, 0.29) is 12.4 Å². The standard InChI is InChI=1S/C18H25NO4/c1-18(2,3)23-17(21)19-11-7-10-16(20)15(19)13-22-12-14-8-5-4-6-9-14/h4-6,8-9,15H,7,10-13H2,1-3H3/t15-/m0/s1. The molecule has 1 atom stereocenters. The van der Waals surface area contributed by atoms with Crippen molar-refractivity contribution in [3.8, 4) is 0 Å². The minimum atomic E-state index is -0.576. The van der Waals surface area contributed by atoms with Gasteiger partial charge in [-0.05, 0) is 32.8 Å². The molecule has 1 aliphatic heterocycles. The first-order valence-electron chi connectivity index (χ1n) is 8.01. The molecule has 0 saturated carbocycles. The van der Waals surface area contributed by atoms with Crippen LogP contribution in [-0.4, -0.2) is 41.6 Å². The van der Waals surface area contributed by atoms with E-state index in [0.29, 0.717) is 26.0 Å². The third kappa shape index (κ3) is 5.36. The summed E-state index contributed by atoms with van der Waals surface area (Å²) in [4.78, 5) is 26.0. The van der Waals surface area contributed by atoms with Crippen LogP contribution in [-0.2, 0) is 20.9 Å². The van der Waals surface area contributed by atoms with E-state index < -0.39 is 17.7 Å². The van der Waals surface area contributed by atoms with Crippen LogP contribution in [0.25, 0.3) is 0 Å². The molecule has 0 radical (unpaired) electrons. The van der Waals surface area contributed by atoms with Crippen LogP contribution in [0.2, 0.25) is 0 Å². The summed E-state index contributed by atoms with van der Waals surface area (Å²) in [7, 11) is 0. The van der Waals surface area contributed by atoms with E-state index in [4.69, 9.17) is 9.47 Å². The van der Waals surface area contributed by atoms with E-state index in [2.05, 4.69) is 0 Å². The Bertz CT molecular complexity index is 536. The molecule has 0 aromatic heterocycles. The molecule has 0 unspecified atom stereocenters. The van der Waals surface area contributed by atoms with Crippen molar-refractivity contribution in [2.24, 2.45) is 0 Å². The van der Waals surface area contributed by atoms with Gasteiger partial charge < -0.3 is 9.47 Å². The van der Waals surface area contributed by atoms with Crippen LogP contribution >= 0.6 is 0 Å². The molecule has 1 fully saturated rings. The Morgan fingerprint density at radius 2 is 1.96 bits per heavy atom. The zero-order valence-electron chi connectivity index (χ0n) is 14.1. The molecule has 1 heterocycles. The molecule has 126 valence electrons. The minimum Gasteiger partial charge on any atom is -0.444 e. The molecule has 0 aliphatic carbocycles. The number of ether oxygens (including phenoxy) is 2. The maximum Gasteiger partial charge on any atom is 0.410 e. The van der Waals surface area contributed by atoms with Gasteiger partial charge in [-0.25, -0.2) is 4.79 Å². The smallest absolute Gasteiger partial charge is 0.410 e. The molecule has 1 amide bonds. The summed E-state index contributed by atoms with van der Waals surface area (Å²) in [6, 6.07) is 9.21. The normalized spacial score (nSPS) is 18.8. The Morgan fingerprint density at radius 3 is 2.61 bits per heavy atom. The number of likely N-dealkylation sites (tertiary alicyclic amines) is 1. The van der Waals surface area contributed by atoms with Crippen molar-refractivity contribution in [3.63, 3.8) is 0 Å². The van der Waals surface area contributed by atoms with Gasteiger partial charge in [0.15, 0.2) is 5.78 Å². The molecule has 1 aromatic rings. The largest absolute Gasteiger partial charge is 0.444 e. The number of carbonyl (C=O) groups excluding carboxylic acids is 2. The number of ketones is 1. The highest BCUT2D eigenvalue weighted by molar-refractivity contribution is 5.88. The Hall–Kier alpha value is -1.88. The molecule has 1 aromatic carbocycles. The zero-order valence-corrected chi connectivity index (χ0v) is 14.1. The number of hydrogen-bond donors (Lipinski definition) is 0. The second-order valence-electron chi connectivity index (χ2n) is 6.76. The molecule has 23 heavy (non-hydrogen) atoms. The van der Waals surface area contributed by atoms with E-state index in [0.717, 1.165) is 5.56 Å². The number of carbonyl (C=O) groups is 2. The van der Waals surface area contributed by atoms with Crippen molar-refractivity contribution < 1.29 is 19.1 Å². The molecular weight excluding hydrogens is 294 g/mol. The van der Waals surface area contributed by atoms with E-state index in [1.54, 1.807) is 0 Å². The van der Waals surface area contributed by atoms with Gasteiger partial charge in [0.1, 0.15) is 11.6 Å². The van der Waals surface area contributed by atoms with E-state index in [1.807, 2.05) is 51.1 Å². The number of hydrogen-bond acceptors (Lipinski definition) is 4. The minimum absolute atomic E-state index is 0.0372. The molecule has 5 nitrogen and oxygen atoms in total. The molecule has 2 rings (SSSR count). The Labute approximate surface area is 137 Å². The average Bonchev–Trinajstić information content (AvgIpc) is 2.48. The van der Waals surface area contributed by atoms with Gasteiger partial charge in [0.05, 0.1) is 13.2 Å². The van der Waals surface area contributed by atoms with Gasteiger partial charge in [-0.3, -0.25) is 9.69 Å². The summed E-state index contributed by atoms with van der Waals surface area (Å²) >= 11 is 0. The summed E-state index contributed by atoms with van der Waals surface area (Å²) in [5.74, 6) is 0.0372. The summed E-state index contributed by atoms with van der Waals surface area (Å²) < 4.78 is 11.1. The van der Waals surface area contributed by atoms with Crippen molar-refractivity contribution in [1.29, 1.82) is 0 Å². The van der Waals surface area contributed by atoms with E-state index in [1.165, 1.54) is 4.90 Å². The number of Topliss-reactive ketones (excluding diaryl/α,β-unsaturated/α-hetero) is 1. The van der Waals surface area contributed by atoms with Crippen molar-refractivity contribution in [2.45, 2.75) is 51.9 Å². The second kappa shape index (κ2) is 7.59. The van der Waals surface area contributed by atoms with Crippen LogP contribution in [0.4, 0.5) is 4.79 Å². The number of piperidine rings is 1. The molecule has 5 heteroatoms. The maximum atomic E-state index is 12.3. The molecule has 1 saturated heterocycles. The van der Waals surface area contributed by atoms with Crippen LogP contribution < -0.4 is 0 Å². The lowest BCUT2D eigenvalue weighted by Crippen LogP contribution is -2.52. The first kappa shape index (κ1) is 17.5. The summed E-state index contributed by atoms with van der Waals surface area (Å²) in [6.45, 7) is 6.60. The highest BCUT2D eigenvalue weighted by atomic mass is 16.6. The molecule has 0 N–H and O–H groups in total.